The van der Waals surface area contributed by atoms with E-state index in [9.17, 15) is 9.59 Å². The number of ether oxygens (including phenoxy) is 1. The number of piperidine rings is 1. The van der Waals surface area contributed by atoms with E-state index in [1.807, 2.05) is 54.6 Å². The van der Waals surface area contributed by atoms with Crippen LogP contribution in [0.3, 0.4) is 0 Å². The summed E-state index contributed by atoms with van der Waals surface area (Å²) in [5.41, 5.74) is 1.85. The van der Waals surface area contributed by atoms with E-state index in [1.165, 1.54) is 11.3 Å². The van der Waals surface area contributed by atoms with Gasteiger partial charge in [-0.15, -0.1) is 11.3 Å². The van der Waals surface area contributed by atoms with Crippen molar-refractivity contribution in [1.82, 2.24) is 15.6 Å². The third kappa shape index (κ3) is 4.09. The zero-order chi connectivity index (χ0) is 23.8. The number of pyridine rings is 1. The van der Waals surface area contributed by atoms with E-state index in [2.05, 4.69) is 20.9 Å². The lowest BCUT2D eigenvalue weighted by atomic mass is 10.1. The molecule has 35 heavy (non-hydrogen) atoms. The van der Waals surface area contributed by atoms with Gasteiger partial charge in [0.05, 0.1) is 22.4 Å². The Morgan fingerprint density at radius 3 is 2.80 bits per heavy atom. The average molecular weight is 486 g/mol. The average Bonchev–Trinajstić information content (AvgIpc) is 3.25. The summed E-state index contributed by atoms with van der Waals surface area (Å²) in [6.07, 6.45) is 3.62. The van der Waals surface area contributed by atoms with Crippen molar-refractivity contribution in [2.75, 3.05) is 23.3 Å². The minimum atomic E-state index is -0.339. The predicted molar refractivity (Wildman–Crippen MR) is 137 cm³/mol. The standard InChI is InChI=1S/C26H23N5O3S/c32-24(29-16-6-5-12-27-15-16)23-22-21-20(11-13-28-25(21)35-23)31(26(33)30-22)17-7-4-10-19(14-17)34-18-8-2-1-3-9-18/h1-4,7-11,13-14,16,27H,5-6,12,15H2,(H,29,32)(H,30,33). The van der Waals surface area contributed by atoms with E-state index < -0.39 is 0 Å². The largest absolute Gasteiger partial charge is 0.457 e. The number of rotatable bonds is 5. The number of amides is 3. The molecule has 0 saturated carbocycles. The number of aromatic nitrogens is 1. The number of hydrogen-bond acceptors (Lipinski definition) is 6. The van der Waals surface area contributed by atoms with Crippen LogP contribution in [0.1, 0.15) is 22.5 Å². The summed E-state index contributed by atoms with van der Waals surface area (Å²) in [4.78, 5) is 33.7. The van der Waals surface area contributed by atoms with E-state index in [1.54, 1.807) is 17.2 Å². The van der Waals surface area contributed by atoms with Crippen LogP contribution >= 0.6 is 11.3 Å². The summed E-state index contributed by atoms with van der Waals surface area (Å²) in [7, 11) is 0. The van der Waals surface area contributed by atoms with Gasteiger partial charge in [-0.3, -0.25) is 9.69 Å². The third-order valence-electron chi connectivity index (χ3n) is 6.14. The molecule has 1 atom stereocenters. The highest BCUT2D eigenvalue weighted by molar-refractivity contribution is 7.21. The van der Waals surface area contributed by atoms with Gasteiger partial charge < -0.3 is 20.7 Å². The van der Waals surface area contributed by atoms with Crippen molar-refractivity contribution in [3.05, 3.63) is 71.7 Å². The second-order valence-electron chi connectivity index (χ2n) is 8.51. The first-order valence-corrected chi connectivity index (χ1v) is 12.4. The van der Waals surface area contributed by atoms with Crippen molar-refractivity contribution < 1.29 is 14.3 Å². The first-order valence-electron chi connectivity index (χ1n) is 11.5. The molecule has 1 fully saturated rings. The van der Waals surface area contributed by atoms with E-state index in [0.29, 0.717) is 38.3 Å². The monoisotopic (exact) mass is 485 g/mol. The Morgan fingerprint density at radius 2 is 1.97 bits per heavy atom. The Labute approximate surface area is 205 Å². The quantitative estimate of drug-likeness (QED) is 0.359. The fourth-order valence-corrected chi connectivity index (χ4v) is 5.56. The van der Waals surface area contributed by atoms with Crippen molar-refractivity contribution >= 4 is 50.6 Å². The first-order chi connectivity index (χ1) is 17.2. The molecule has 1 unspecified atom stereocenters. The molecular formula is C26H23N5O3S. The summed E-state index contributed by atoms with van der Waals surface area (Å²) in [5.74, 6) is 1.14. The summed E-state index contributed by atoms with van der Waals surface area (Å²) < 4.78 is 5.97. The van der Waals surface area contributed by atoms with Gasteiger partial charge in [0.25, 0.3) is 5.91 Å². The molecule has 8 nitrogen and oxygen atoms in total. The van der Waals surface area contributed by atoms with Crippen LogP contribution in [0.15, 0.2) is 66.9 Å². The lowest BCUT2D eigenvalue weighted by Crippen LogP contribution is -2.45. The number of urea groups is 1. The van der Waals surface area contributed by atoms with Crippen LogP contribution in [0.25, 0.3) is 10.2 Å². The molecule has 3 N–H and O–H groups in total. The van der Waals surface area contributed by atoms with Crippen molar-refractivity contribution in [3.63, 3.8) is 0 Å². The van der Waals surface area contributed by atoms with Crippen molar-refractivity contribution in [3.8, 4) is 11.5 Å². The molecule has 2 aliphatic rings. The lowest BCUT2D eigenvalue weighted by Gasteiger charge is -2.29. The smallest absolute Gasteiger partial charge is 0.331 e. The summed E-state index contributed by atoms with van der Waals surface area (Å²) in [6.45, 7) is 1.72. The highest BCUT2D eigenvalue weighted by Crippen LogP contribution is 2.46. The molecule has 2 aromatic carbocycles. The molecule has 6 rings (SSSR count). The minimum absolute atomic E-state index is 0.0734. The second kappa shape index (κ2) is 9.01. The van der Waals surface area contributed by atoms with Gasteiger partial charge in [-0.1, -0.05) is 24.3 Å². The molecule has 0 bridgehead atoms. The molecule has 4 aromatic rings. The lowest BCUT2D eigenvalue weighted by molar-refractivity contribution is 0.0935. The Bertz CT molecular complexity index is 1420. The van der Waals surface area contributed by atoms with Crippen LogP contribution in [0, 0.1) is 0 Å². The summed E-state index contributed by atoms with van der Waals surface area (Å²) in [5, 5.41) is 10.1. The minimum Gasteiger partial charge on any atom is -0.457 e. The second-order valence-corrected chi connectivity index (χ2v) is 9.51. The Morgan fingerprint density at radius 1 is 1.11 bits per heavy atom. The molecule has 0 radical (unpaired) electrons. The zero-order valence-corrected chi connectivity index (χ0v) is 19.6. The van der Waals surface area contributed by atoms with E-state index in [4.69, 9.17) is 4.74 Å². The number of benzene rings is 2. The van der Waals surface area contributed by atoms with Crippen molar-refractivity contribution in [2.45, 2.75) is 18.9 Å². The zero-order valence-electron chi connectivity index (χ0n) is 18.8. The number of thiophene rings is 1. The molecule has 0 spiro atoms. The topological polar surface area (TPSA) is 95.6 Å². The fraction of sp³-hybridized carbons (Fsp3) is 0.192. The molecule has 3 amide bonds. The summed E-state index contributed by atoms with van der Waals surface area (Å²) in [6, 6.07) is 18.4. The highest BCUT2D eigenvalue weighted by Gasteiger charge is 2.33. The van der Waals surface area contributed by atoms with Crippen molar-refractivity contribution in [2.24, 2.45) is 0 Å². The molecule has 176 valence electrons. The molecule has 4 heterocycles. The number of hydrogen-bond donors (Lipinski definition) is 3. The molecule has 2 aromatic heterocycles. The molecule has 9 heteroatoms. The number of nitrogens with one attached hydrogen (secondary N) is 3. The Hall–Kier alpha value is -3.95. The Balaban J connectivity index is 1.35. The van der Waals surface area contributed by atoms with E-state index >= 15 is 0 Å². The van der Waals surface area contributed by atoms with Gasteiger partial charge in [0.1, 0.15) is 21.2 Å². The third-order valence-corrected chi connectivity index (χ3v) is 7.24. The SMILES string of the molecule is O=C(NC1CCCNC1)c1sc2nccc3c2c1NC(=O)N3c1cccc(Oc2ccccc2)c1. The van der Waals surface area contributed by atoms with Crippen LogP contribution in [0.2, 0.25) is 0 Å². The maximum absolute atomic E-state index is 13.3. The number of para-hydroxylation sites is 1. The van der Waals surface area contributed by atoms with Gasteiger partial charge in [0, 0.05) is 24.8 Å². The number of carbonyl (C=O) groups excluding carboxylic acids is 2. The predicted octanol–water partition coefficient (Wildman–Crippen LogP) is 5.25. The van der Waals surface area contributed by atoms with Crippen LogP contribution in [0.5, 0.6) is 11.5 Å². The molecular weight excluding hydrogens is 462 g/mol. The van der Waals surface area contributed by atoms with E-state index in [-0.39, 0.29) is 18.0 Å². The highest BCUT2D eigenvalue weighted by atomic mass is 32.1. The molecule has 1 saturated heterocycles. The number of carbonyl (C=O) groups is 2. The summed E-state index contributed by atoms with van der Waals surface area (Å²) >= 11 is 1.29. The number of anilines is 3. The maximum atomic E-state index is 13.3. The number of nitrogens with zero attached hydrogens (tertiary/aromatic N) is 2. The van der Waals surface area contributed by atoms with Gasteiger partial charge in [-0.05, 0) is 49.7 Å². The van der Waals surface area contributed by atoms with Gasteiger partial charge in [0.15, 0.2) is 0 Å². The van der Waals surface area contributed by atoms with Gasteiger partial charge in [-0.25, -0.2) is 9.78 Å². The molecule has 2 aliphatic heterocycles. The fourth-order valence-electron chi connectivity index (χ4n) is 4.54. The normalized spacial score (nSPS) is 17.2. The van der Waals surface area contributed by atoms with Crippen LogP contribution in [-0.2, 0) is 0 Å². The Kier molecular flexibility index (Phi) is 5.55. The van der Waals surface area contributed by atoms with Gasteiger partial charge in [-0.2, -0.15) is 0 Å². The molecule has 0 aliphatic carbocycles. The van der Waals surface area contributed by atoms with Crippen LogP contribution < -0.4 is 25.6 Å². The van der Waals surface area contributed by atoms with Gasteiger partial charge >= 0.3 is 6.03 Å². The van der Waals surface area contributed by atoms with Crippen LogP contribution in [0.4, 0.5) is 21.9 Å². The van der Waals surface area contributed by atoms with Crippen molar-refractivity contribution in [1.29, 1.82) is 0 Å². The van der Waals surface area contributed by atoms with E-state index in [0.717, 1.165) is 31.3 Å². The van der Waals surface area contributed by atoms with Crippen LogP contribution in [-0.4, -0.2) is 36.1 Å². The first kappa shape index (κ1) is 21.6. The van der Waals surface area contributed by atoms with Gasteiger partial charge in [0.2, 0.25) is 0 Å². The maximum Gasteiger partial charge on any atom is 0.331 e.